The Balaban J connectivity index is 1.51. The minimum atomic E-state index is -4.76. The van der Waals surface area contributed by atoms with Crippen molar-refractivity contribution in [2.75, 3.05) is 26.3 Å². The van der Waals surface area contributed by atoms with Crippen LogP contribution < -0.4 is 9.64 Å². The van der Waals surface area contributed by atoms with E-state index < -0.39 is 6.36 Å². The monoisotopic (exact) mass is 371 g/mol. The number of rotatable bonds is 4. The first-order valence-electron chi connectivity index (χ1n) is 8.14. The molecule has 2 aliphatic rings. The van der Waals surface area contributed by atoms with Crippen molar-refractivity contribution >= 4 is 0 Å². The van der Waals surface area contributed by atoms with Crippen LogP contribution in [-0.2, 0) is 11.3 Å². The van der Waals surface area contributed by atoms with Gasteiger partial charge in [-0.3, -0.25) is 9.53 Å². The normalized spacial score (nSPS) is 23.3. The molecule has 1 unspecified atom stereocenters. The first-order valence-corrected chi connectivity index (χ1v) is 8.14. The molecule has 0 bridgehead atoms. The van der Waals surface area contributed by atoms with Gasteiger partial charge in [-0.25, -0.2) is 0 Å². The molecular weight excluding hydrogens is 355 g/mol. The van der Waals surface area contributed by atoms with Crippen LogP contribution in [0.25, 0.3) is 11.3 Å². The molecule has 0 saturated carbocycles. The van der Waals surface area contributed by atoms with Gasteiger partial charge in [-0.05, 0) is 29.2 Å². The molecule has 10 heteroatoms. The molecule has 2 saturated heterocycles. The Bertz CT molecular complexity index is 766. The summed E-state index contributed by atoms with van der Waals surface area (Å²) in [6.07, 6.45) is -4.76. The van der Waals surface area contributed by atoms with Crippen molar-refractivity contribution in [2.45, 2.75) is 12.9 Å². The van der Waals surface area contributed by atoms with Crippen LogP contribution in [0.2, 0.25) is 0 Å². The zero-order valence-corrected chi connectivity index (χ0v) is 13.6. The van der Waals surface area contributed by atoms with E-state index in [1.54, 1.807) is 0 Å². The molecule has 0 spiro atoms. The summed E-state index contributed by atoms with van der Waals surface area (Å²) in [5.41, 5.74) is 1.05. The molecule has 0 aliphatic carbocycles. The van der Waals surface area contributed by atoms with E-state index in [0.717, 1.165) is 38.4 Å². The number of nitrogens with zero attached hydrogens (tertiary/aromatic N) is 3. The topological polar surface area (TPSA) is 74.7 Å². The standard InChI is InChI=1S/C16H16F3N3O4/c17-16(18,19)25-13-3-1-10(2-4-13)15-14(20-26-22(15)23)7-21-5-11-8-24-9-12(11)6-21/h1-4,11-12H,5-9H2/t11-,12?/m0/s1. The summed E-state index contributed by atoms with van der Waals surface area (Å²) in [7, 11) is 0. The van der Waals surface area contributed by atoms with Gasteiger partial charge in [0.2, 0.25) is 11.4 Å². The van der Waals surface area contributed by atoms with E-state index in [-0.39, 0.29) is 16.3 Å². The molecule has 0 radical (unpaired) electrons. The molecule has 0 amide bonds. The van der Waals surface area contributed by atoms with Crippen LogP contribution in [0.4, 0.5) is 13.2 Å². The third kappa shape index (κ3) is 3.47. The second kappa shape index (κ2) is 6.44. The fraction of sp³-hybridized carbons (Fsp3) is 0.500. The summed E-state index contributed by atoms with van der Waals surface area (Å²) >= 11 is 0. The van der Waals surface area contributed by atoms with Crippen LogP contribution in [0.3, 0.4) is 0 Å². The number of fused-ring (bicyclic) bond motifs is 1. The number of alkyl halides is 3. The van der Waals surface area contributed by atoms with Crippen molar-refractivity contribution in [1.82, 2.24) is 10.1 Å². The molecule has 4 rings (SSSR count). The maximum Gasteiger partial charge on any atom is 0.573 e. The van der Waals surface area contributed by atoms with Crippen molar-refractivity contribution in [1.29, 1.82) is 0 Å². The Morgan fingerprint density at radius 1 is 1.19 bits per heavy atom. The van der Waals surface area contributed by atoms with E-state index in [1.807, 2.05) is 0 Å². The molecule has 26 heavy (non-hydrogen) atoms. The van der Waals surface area contributed by atoms with Crippen LogP contribution >= 0.6 is 0 Å². The molecule has 1 aromatic carbocycles. The number of halogens is 3. The first-order chi connectivity index (χ1) is 12.4. The van der Waals surface area contributed by atoms with Crippen LogP contribution in [-0.4, -0.2) is 42.7 Å². The average molecular weight is 371 g/mol. The quantitative estimate of drug-likeness (QED) is 0.765. The molecule has 7 nitrogen and oxygen atoms in total. The van der Waals surface area contributed by atoms with E-state index in [2.05, 4.69) is 14.8 Å². The zero-order valence-electron chi connectivity index (χ0n) is 13.6. The predicted molar refractivity (Wildman–Crippen MR) is 80.7 cm³/mol. The average Bonchev–Trinajstić information content (AvgIpc) is 3.23. The highest BCUT2D eigenvalue weighted by Crippen LogP contribution is 2.31. The molecule has 3 heterocycles. The molecule has 0 N–H and O–H groups in total. The smallest absolute Gasteiger partial charge is 0.406 e. The number of likely N-dealkylation sites (tertiary alicyclic amines) is 1. The summed E-state index contributed by atoms with van der Waals surface area (Å²) in [4.78, 5) is 2.45. The second-order valence-corrected chi connectivity index (χ2v) is 6.55. The summed E-state index contributed by atoms with van der Waals surface area (Å²) in [5, 5.41) is 15.8. The van der Waals surface area contributed by atoms with E-state index in [1.165, 1.54) is 12.1 Å². The van der Waals surface area contributed by atoms with Gasteiger partial charge in [-0.2, -0.15) is 0 Å². The van der Waals surface area contributed by atoms with Gasteiger partial charge in [0.25, 0.3) is 0 Å². The lowest BCUT2D eigenvalue weighted by Gasteiger charge is -2.14. The summed E-state index contributed by atoms with van der Waals surface area (Å²) in [5.74, 6) is 0.621. The Morgan fingerprint density at radius 2 is 1.85 bits per heavy atom. The maximum atomic E-state index is 12.3. The number of ether oxygens (including phenoxy) is 2. The van der Waals surface area contributed by atoms with Gasteiger partial charge < -0.3 is 14.7 Å². The van der Waals surface area contributed by atoms with Gasteiger partial charge in [0, 0.05) is 35.6 Å². The van der Waals surface area contributed by atoms with Gasteiger partial charge in [-0.1, -0.05) is 0 Å². The fourth-order valence-electron chi connectivity index (χ4n) is 3.59. The summed E-state index contributed by atoms with van der Waals surface area (Å²) < 4.78 is 50.8. The lowest BCUT2D eigenvalue weighted by Crippen LogP contribution is -2.27. The number of hydrogen-bond acceptors (Lipinski definition) is 6. The molecule has 2 atom stereocenters. The van der Waals surface area contributed by atoms with Gasteiger partial charge in [0.1, 0.15) is 5.75 Å². The highest BCUT2D eigenvalue weighted by Gasteiger charge is 2.38. The predicted octanol–water partition coefficient (Wildman–Crippen LogP) is 1.95. The SMILES string of the molecule is [O-][n+]1onc(CN2CC3COC[C@@H]3C2)c1-c1ccc(OC(F)(F)F)cc1. The van der Waals surface area contributed by atoms with Gasteiger partial charge in [0.05, 0.1) is 19.8 Å². The van der Waals surface area contributed by atoms with Gasteiger partial charge in [0.15, 0.2) is 0 Å². The Labute approximate surface area is 146 Å². The largest absolute Gasteiger partial charge is 0.573 e. The first kappa shape index (κ1) is 17.1. The third-order valence-corrected chi connectivity index (χ3v) is 4.73. The minimum absolute atomic E-state index is 0.192. The van der Waals surface area contributed by atoms with E-state index in [4.69, 9.17) is 9.37 Å². The van der Waals surface area contributed by atoms with Crippen LogP contribution in [0.1, 0.15) is 5.69 Å². The van der Waals surface area contributed by atoms with Crippen molar-refractivity contribution in [3.63, 3.8) is 0 Å². The van der Waals surface area contributed by atoms with Crippen molar-refractivity contribution < 1.29 is 32.2 Å². The molecule has 2 fully saturated rings. The second-order valence-electron chi connectivity index (χ2n) is 6.55. The number of aromatic nitrogens is 2. The highest BCUT2D eigenvalue weighted by atomic mass is 19.4. The minimum Gasteiger partial charge on any atom is -0.406 e. The Hall–Kier alpha value is -2.33. The van der Waals surface area contributed by atoms with Crippen molar-refractivity contribution in [3.8, 4) is 17.0 Å². The van der Waals surface area contributed by atoms with Crippen LogP contribution in [0.15, 0.2) is 28.9 Å². The van der Waals surface area contributed by atoms with Crippen molar-refractivity contribution in [3.05, 3.63) is 35.2 Å². The Kier molecular flexibility index (Phi) is 4.23. The highest BCUT2D eigenvalue weighted by molar-refractivity contribution is 5.59. The summed E-state index contributed by atoms with van der Waals surface area (Å²) in [6.45, 7) is 3.63. The number of hydrogen-bond donors (Lipinski definition) is 0. The van der Waals surface area contributed by atoms with E-state index in [0.29, 0.717) is 29.6 Å². The van der Waals surface area contributed by atoms with E-state index >= 15 is 0 Å². The molecular formula is C16H16F3N3O4. The lowest BCUT2D eigenvalue weighted by molar-refractivity contribution is -0.793. The maximum absolute atomic E-state index is 12.3. The van der Waals surface area contributed by atoms with E-state index in [9.17, 15) is 18.4 Å². The lowest BCUT2D eigenvalue weighted by atomic mass is 10.0. The molecule has 2 aliphatic heterocycles. The molecule has 1 aromatic heterocycles. The fourth-order valence-corrected chi connectivity index (χ4v) is 3.59. The van der Waals surface area contributed by atoms with Crippen molar-refractivity contribution in [2.24, 2.45) is 11.8 Å². The van der Waals surface area contributed by atoms with Crippen LogP contribution in [0, 0.1) is 17.0 Å². The molecule has 2 aromatic rings. The number of benzene rings is 1. The third-order valence-electron chi connectivity index (χ3n) is 4.73. The van der Waals surface area contributed by atoms with Gasteiger partial charge in [-0.15, -0.1) is 13.2 Å². The van der Waals surface area contributed by atoms with Gasteiger partial charge >= 0.3 is 6.36 Å². The van der Waals surface area contributed by atoms with Crippen LogP contribution in [0.5, 0.6) is 5.75 Å². The summed E-state index contributed by atoms with van der Waals surface area (Å²) in [6, 6.07) is 5.05. The molecule has 140 valence electrons. The Morgan fingerprint density at radius 3 is 2.46 bits per heavy atom. The zero-order chi connectivity index (χ0) is 18.3.